The summed E-state index contributed by atoms with van der Waals surface area (Å²) >= 11 is 0. The van der Waals surface area contributed by atoms with Crippen LogP contribution in [0, 0.1) is 5.92 Å². The van der Waals surface area contributed by atoms with Crippen LogP contribution < -0.4 is 10.1 Å². The van der Waals surface area contributed by atoms with Crippen molar-refractivity contribution in [3.63, 3.8) is 0 Å². The highest BCUT2D eigenvalue weighted by Gasteiger charge is 2.12. The van der Waals surface area contributed by atoms with Gasteiger partial charge in [-0.05, 0) is 24.1 Å². The maximum atomic E-state index is 11.6. The second-order valence-electron chi connectivity index (χ2n) is 4.39. The van der Waals surface area contributed by atoms with E-state index in [9.17, 15) is 9.59 Å². The minimum Gasteiger partial charge on any atom is -0.497 e. The SMILES string of the molecule is COc1cccc(CCC(=O)NC[C@@H](C)C(=O)O)c1. The third kappa shape index (κ3) is 5.42. The van der Waals surface area contributed by atoms with Gasteiger partial charge in [0.25, 0.3) is 0 Å². The van der Waals surface area contributed by atoms with Crippen molar-refractivity contribution in [3.05, 3.63) is 29.8 Å². The lowest BCUT2D eigenvalue weighted by Gasteiger charge is -2.08. The van der Waals surface area contributed by atoms with Gasteiger partial charge in [0, 0.05) is 13.0 Å². The van der Waals surface area contributed by atoms with E-state index in [0.717, 1.165) is 11.3 Å². The molecule has 19 heavy (non-hydrogen) atoms. The molecule has 5 nitrogen and oxygen atoms in total. The minimum atomic E-state index is -0.909. The van der Waals surface area contributed by atoms with Gasteiger partial charge in [0.2, 0.25) is 5.91 Å². The molecule has 0 heterocycles. The highest BCUT2D eigenvalue weighted by molar-refractivity contribution is 5.77. The van der Waals surface area contributed by atoms with E-state index in [2.05, 4.69) is 5.32 Å². The number of rotatable bonds is 7. The molecule has 1 atom stereocenters. The molecule has 1 aromatic rings. The van der Waals surface area contributed by atoms with Gasteiger partial charge in [-0.3, -0.25) is 9.59 Å². The minimum absolute atomic E-state index is 0.143. The van der Waals surface area contributed by atoms with Crippen LogP contribution >= 0.6 is 0 Å². The van der Waals surface area contributed by atoms with Crippen molar-refractivity contribution in [2.75, 3.05) is 13.7 Å². The molecule has 5 heteroatoms. The topological polar surface area (TPSA) is 75.6 Å². The van der Waals surface area contributed by atoms with Crippen LogP contribution in [-0.4, -0.2) is 30.6 Å². The first kappa shape index (κ1) is 15.0. The Balaban J connectivity index is 2.35. The number of methoxy groups -OCH3 is 1. The summed E-state index contributed by atoms with van der Waals surface area (Å²) in [4.78, 5) is 22.2. The molecule has 0 radical (unpaired) electrons. The normalized spacial score (nSPS) is 11.7. The van der Waals surface area contributed by atoms with E-state index < -0.39 is 11.9 Å². The van der Waals surface area contributed by atoms with E-state index in [0.29, 0.717) is 12.8 Å². The largest absolute Gasteiger partial charge is 0.497 e. The molecule has 1 aromatic carbocycles. The van der Waals surface area contributed by atoms with Crippen molar-refractivity contribution in [2.45, 2.75) is 19.8 Å². The summed E-state index contributed by atoms with van der Waals surface area (Å²) in [6.07, 6.45) is 0.935. The molecule has 104 valence electrons. The van der Waals surface area contributed by atoms with E-state index >= 15 is 0 Å². The Kier molecular flexibility index (Phi) is 5.85. The lowest BCUT2D eigenvalue weighted by molar-refractivity contribution is -0.141. The van der Waals surface area contributed by atoms with Crippen molar-refractivity contribution in [2.24, 2.45) is 5.92 Å². The third-order valence-electron chi connectivity index (χ3n) is 2.80. The number of hydrogen-bond acceptors (Lipinski definition) is 3. The van der Waals surface area contributed by atoms with E-state index in [-0.39, 0.29) is 12.5 Å². The van der Waals surface area contributed by atoms with E-state index in [1.807, 2.05) is 24.3 Å². The summed E-state index contributed by atoms with van der Waals surface area (Å²) in [6.45, 7) is 1.72. The average molecular weight is 265 g/mol. The van der Waals surface area contributed by atoms with E-state index in [1.165, 1.54) is 0 Å². The first-order valence-corrected chi connectivity index (χ1v) is 6.15. The Bertz CT molecular complexity index is 445. The molecule has 0 fully saturated rings. The van der Waals surface area contributed by atoms with Crippen LogP contribution in [0.5, 0.6) is 5.75 Å². The fraction of sp³-hybridized carbons (Fsp3) is 0.429. The molecule has 0 saturated carbocycles. The number of carbonyl (C=O) groups is 2. The zero-order valence-electron chi connectivity index (χ0n) is 11.2. The Morgan fingerprint density at radius 1 is 1.42 bits per heavy atom. The van der Waals surface area contributed by atoms with Crippen molar-refractivity contribution in [1.29, 1.82) is 0 Å². The molecule has 0 bridgehead atoms. The lowest BCUT2D eigenvalue weighted by Crippen LogP contribution is -2.31. The van der Waals surface area contributed by atoms with Gasteiger partial charge in [0.1, 0.15) is 5.75 Å². The van der Waals surface area contributed by atoms with Crippen LogP contribution in [0.2, 0.25) is 0 Å². The number of carboxylic acids is 1. The number of aryl methyl sites for hydroxylation is 1. The summed E-state index contributed by atoms with van der Waals surface area (Å²) in [5.41, 5.74) is 1.01. The van der Waals surface area contributed by atoms with Crippen molar-refractivity contribution in [1.82, 2.24) is 5.32 Å². The van der Waals surface area contributed by atoms with Crippen molar-refractivity contribution >= 4 is 11.9 Å². The highest BCUT2D eigenvalue weighted by atomic mass is 16.5. The van der Waals surface area contributed by atoms with Crippen LogP contribution in [0.25, 0.3) is 0 Å². The smallest absolute Gasteiger partial charge is 0.308 e. The molecule has 0 saturated heterocycles. The quantitative estimate of drug-likeness (QED) is 0.782. The molecule has 0 spiro atoms. The Morgan fingerprint density at radius 2 is 2.16 bits per heavy atom. The van der Waals surface area contributed by atoms with Gasteiger partial charge < -0.3 is 15.2 Å². The maximum absolute atomic E-state index is 11.6. The van der Waals surface area contributed by atoms with Crippen molar-refractivity contribution in [3.8, 4) is 5.75 Å². The van der Waals surface area contributed by atoms with Gasteiger partial charge in [-0.15, -0.1) is 0 Å². The summed E-state index contributed by atoms with van der Waals surface area (Å²) in [5.74, 6) is -0.859. The molecule has 0 aliphatic rings. The van der Waals surface area contributed by atoms with Crippen LogP contribution in [0.15, 0.2) is 24.3 Å². The molecule has 0 aromatic heterocycles. The molecular formula is C14H19NO4. The molecule has 0 unspecified atom stereocenters. The zero-order chi connectivity index (χ0) is 14.3. The number of carboxylic acid groups (broad SMARTS) is 1. The Labute approximate surface area is 112 Å². The number of benzene rings is 1. The molecule has 2 N–H and O–H groups in total. The average Bonchev–Trinajstić information content (AvgIpc) is 2.42. The standard InChI is InChI=1S/C14H19NO4/c1-10(14(17)18)9-15-13(16)7-6-11-4-3-5-12(8-11)19-2/h3-5,8,10H,6-7,9H2,1-2H3,(H,15,16)(H,17,18)/t10-/m1/s1. The summed E-state index contributed by atoms with van der Waals surface area (Å²) in [7, 11) is 1.60. The zero-order valence-corrected chi connectivity index (χ0v) is 11.2. The molecule has 0 aliphatic carbocycles. The van der Waals surface area contributed by atoms with Crippen LogP contribution in [-0.2, 0) is 16.0 Å². The third-order valence-corrected chi connectivity index (χ3v) is 2.80. The van der Waals surface area contributed by atoms with Gasteiger partial charge in [0.05, 0.1) is 13.0 Å². The monoisotopic (exact) mass is 265 g/mol. The number of ether oxygens (including phenoxy) is 1. The molecule has 1 amide bonds. The van der Waals surface area contributed by atoms with Gasteiger partial charge >= 0.3 is 5.97 Å². The molecule has 0 aliphatic heterocycles. The fourth-order valence-electron chi connectivity index (χ4n) is 1.53. The highest BCUT2D eigenvalue weighted by Crippen LogP contribution is 2.13. The Hall–Kier alpha value is -2.04. The number of carbonyl (C=O) groups excluding carboxylic acids is 1. The van der Waals surface area contributed by atoms with Crippen LogP contribution in [0.1, 0.15) is 18.9 Å². The van der Waals surface area contributed by atoms with Gasteiger partial charge in [-0.25, -0.2) is 0 Å². The van der Waals surface area contributed by atoms with Gasteiger partial charge in [0.15, 0.2) is 0 Å². The maximum Gasteiger partial charge on any atom is 0.308 e. The summed E-state index contributed by atoms with van der Waals surface area (Å²) in [6, 6.07) is 7.53. The van der Waals surface area contributed by atoms with Crippen LogP contribution in [0.4, 0.5) is 0 Å². The summed E-state index contributed by atoms with van der Waals surface area (Å²) in [5, 5.41) is 11.3. The summed E-state index contributed by atoms with van der Waals surface area (Å²) < 4.78 is 5.10. The van der Waals surface area contributed by atoms with Crippen LogP contribution in [0.3, 0.4) is 0 Å². The number of hydrogen-bond donors (Lipinski definition) is 2. The predicted octanol–water partition coefficient (Wildman–Crippen LogP) is 1.46. The second-order valence-corrected chi connectivity index (χ2v) is 4.39. The van der Waals surface area contributed by atoms with Crippen molar-refractivity contribution < 1.29 is 19.4 Å². The first-order chi connectivity index (χ1) is 9.02. The molecule has 1 rings (SSSR count). The second kappa shape index (κ2) is 7.41. The number of aliphatic carboxylic acids is 1. The first-order valence-electron chi connectivity index (χ1n) is 6.15. The van der Waals surface area contributed by atoms with Gasteiger partial charge in [-0.1, -0.05) is 19.1 Å². The number of amides is 1. The van der Waals surface area contributed by atoms with E-state index in [4.69, 9.17) is 9.84 Å². The van der Waals surface area contributed by atoms with Gasteiger partial charge in [-0.2, -0.15) is 0 Å². The predicted molar refractivity (Wildman–Crippen MR) is 71.1 cm³/mol. The van der Waals surface area contributed by atoms with E-state index in [1.54, 1.807) is 14.0 Å². The number of nitrogens with one attached hydrogen (secondary N) is 1. The molecular weight excluding hydrogens is 246 g/mol. The Morgan fingerprint density at radius 3 is 2.79 bits per heavy atom. The fourth-order valence-corrected chi connectivity index (χ4v) is 1.53. The lowest BCUT2D eigenvalue weighted by atomic mass is 10.1.